The van der Waals surface area contributed by atoms with E-state index in [1.54, 1.807) is 11.8 Å². The van der Waals surface area contributed by atoms with Crippen LogP contribution in [0.3, 0.4) is 0 Å². The zero-order valence-electron chi connectivity index (χ0n) is 9.93. The third kappa shape index (κ3) is 2.44. The predicted octanol–water partition coefficient (Wildman–Crippen LogP) is 0.00630. The quantitative estimate of drug-likeness (QED) is 0.302. The van der Waals surface area contributed by atoms with Gasteiger partial charge in [-0.05, 0) is 20.8 Å². The van der Waals surface area contributed by atoms with Gasteiger partial charge in [-0.1, -0.05) is 5.16 Å². The fourth-order valence-corrected chi connectivity index (χ4v) is 1.71. The molecule has 0 aromatic heterocycles. The van der Waals surface area contributed by atoms with Crippen LogP contribution in [0.5, 0.6) is 0 Å². The van der Waals surface area contributed by atoms with Gasteiger partial charge in [0.05, 0.1) is 24.7 Å². The van der Waals surface area contributed by atoms with Crippen LogP contribution in [-0.2, 0) is 9.53 Å². The van der Waals surface area contributed by atoms with Crippen LogP contribution < -0.4 is 5.73 Å². The van der Waals surface area contributed by atoms with Crippen molar-refractivity contribution in [3.8, 4) is 0 Å². The largest absolute Gasteiger partial charge is 0.409 e. The number of ether oxygens (including phenoxy) is 1. The molecular weight excluding hydrogens is 210 g/mol. The Morgan fingerprint density at radius 2 is 2.25 bits per heavy atom. The zero-order chi connectivity index (χ0) is 12.3. The Morgan fingerprint density at radius 1 is 1.62 bits per heavy atom. The van der Waals surface area contributed by atoms with Crippen molar-refractivity contribution < 1.29 is 14.7 Å². The molecular formula is C10H19N3O3. The van der Waals surface area contributed by atoms with Gasteiger partial charge < -0.3 is 20.6 Å². The van der Waals surface area contributed by atoms with Gasteiger partial charge in [-0.25, -0.2) is 0 Å². The smallest absolute Gasteiger partial charge is 0.233 e. The van der Waals surface area contributed by atoms with Gasteiger partial charge in [-0.15, -0.1) is 0 Å². The Bertz CT molecular complexity index is 302. The molecule has 1 rings (SSSR count). The third-order valence-corrected chi connectivity index (χ3v) is 2.84. The number of nitrogens with two attached hydrogens (primary N) is 1. The highest BCUT2D eigenvalue weighted by Gasteiger charge is 2.36. The Hall–Kier alpha value is -1.30. The van der Waals surface area contributed by atoms with Gasteiger partial charge in [0.2, 0.25) is 5.91 Å². The lowest BCUT2D eigenvalue weighted by Gasteiger charge is -2.43. The summed E-state index contributed by atoms with van der Waals surface area (Å²) in [6.45, 7) is 7.06. The highest BCUT2D eigenvalue weighted by atomic mass is 16.5. The molecule has 1 aliphatic rings. The lowest BCUT2D eigenvalue weighted by atomic mass is 9.99. The van der Waals surface area contributed by atoms with E-state index in [-0.39, 0.29) is 17.3 Å². The van der Waals surface area contributed by atoms with E-state index in [9.17, 15) is 4.79 Å². The van der Waals surface area contributed by atoms with Crippen molar-refractivity contribution in [2.45, 2.75) is 26.3 Å². The van der Waals surface area contributed by atoms with E-state index in [0.717, 1.165) is 0 Å². The molecule has 92 valence electrons. The van der Waals surface area contributed by atoms with Gasteiger partial charge in [-0.2, -0.15) is 0 Å². The van der Waals surface area contributed by atoms with E-state index in [1.165, 1.54) is 0 Å². The maximum absolute atomic E-state index is 12.1. The van der Waals surface area contributed by atoms with Crippen molar-refractivity contribution in [1.29, 1.82) is 0 Å². The average Bonchev–Trinajstić information content (AvgIpc) is 2.25. The second-order valence-electron chi connectivity index (χ2n) is 4.60. The van der Waals surface area contributed by atoms with Crippen molar-refractivity contribution in [2.75, 3.05) is 19.8 Å². The minimum atomic E-state index is -0.609. The summed E-state index contributed by atoms with van der Waals surface area (Å²) in [5.41, 5.74) is 5.09. The molecule has 0 saturated carbocycles. The molecule has 1 aliphatic heterocycles. The molecule has 1 heterocycles. The maximum atomic E-state index is 12.1. The molecule has 0 spiro atoms. The Balaban J connectivity index is 2.80. The van der Waals surface area contributed by atoms with Crippen LogP contribution in [0.2, 0.25) is 0 Å². The highest BCUT2D eigenvalue weighted by molar-refractivity contribution is 6.01. The van der Waals surface area contributed by atoms with Gasteiger partial charge in [0.15, 0.2) is 5.84 Å². The van der Waals surface area contributed by atoms with E-state index < -0.39 is 5.92 Å². The zero-order valence-corrected chi connectivity index (χ0v) is 9.93. The molecule has 0 aromatic carbocycles. The molecule has 6 nitrogen and oxygen atoms in total. The number of amidine groups is 1. The summed E-state index contributed by atoms with van der Waals surface area (Å²) in [6.07, 6.45) is 0. The fraction of sp³-hybridized carbons (Fsp3) is 0.800. The first-order valence-electron chi connectivity index (χ1n) is 5.27. The minimum absolute atomic E-state index is 0.0627. The van der Waals surface area contributed by atoms with Gasteiger partial charge in [0.25, 0.3) is 0 Å². The molecule has 0 radical (unpaired) electrons. The highest BCUT2D eigenvalue weighted by Crippen LogP contribution is 2.21. The first-order chi connectivity index (χ1) is 7.40. The van der Waals surface area contributed by atoms with Crippen LogP contribution in [0, 0.1) is 5.92 Å². The van der Waals surface area contributed by atoms with E-state index in [0.29, 0.717) is 19.8 Å². The first-order valence-corrected chi connectivity index (χ1v) is 5.27. The van der Waals surface area contributed by atoms with Crippen molar-refractivity contribution in [3.05, 3.63) is 0 Å². The van der Waals surface area contributed by atoms with Gasteiger partial charge >= 0.3 is 0 Å². The number of carbonyl (C=O) groups is 1. The number of hydrogen-bond acceptors (Lipinski definition) is 4. The summed E-state index contributed by atoms with van der Waals surface area (Å²) in [6, 6.07) is 0. The molecule has 0 bridgehead atoms. The van der Waals surface area contributed by atoms with E-state index in [4.69, 9.17) is 15.7 Å². The van der Waals surface area contributed by atoms with Crippen molar-refractivity contribution in [2.24, 2.45) is 16.8 Å². The molecule has 1 fully saturated rings. The number of nitrogens with zero attached hydrogens (tertiary/aromatic N) is 2. The molecule has 16 heavy (non-hydrogen) atoms. The Morgan fingerprint density at radius 3 is 2.75 bits per heavy atom. The first kappa shape index (κ1) is 12.8. The number of rotatable bonds is 2. The van der Waals surface area contributed by atoms with E-state index in [1.807, 2.05) is 13.8 Å². The van der Waals surface area contributed by atoms with Crippen LogP contribution in [-0.4, -0.2) is 47.1 Å². The molecule has 1 saturated heterocycles. The number of oxime groups is 1. The molecule has 6 heteroatoms. The van der Waals surface area contributed by atoms with Crippen LogP contribution in [0.15, 0.2) is 5.16 Å². The van der Waals surface area contributed by atoms with Crippen molar-refractivity contribution in [3.63, 3.8) is 0 Å². The summed E-state index contributed by atoms with van der Waals surface area (Å²) in [5.74, 6) is -0.807. The van der Waals surface area contributed by atoms with Gasteiger partial charge in [0, 0.05) is 6.54 Å². The van der Waals surface area contributed by atoms with Crippen LogP contribution in [0.1, 0.15) is 20.8 Å². The second kappa shape index (κ2) is 4.69. The average molecular weight is 229 g/mol. The fourth-order valence-electron chi connectivity index (χ4n) is 1.71. The molecule has 1 atom stereocenters. The summed E-state index contributed by atoms with van der Waals surface area (Å²) in [4.78, 5) is 13.8. The predicted molar refractivity (Wildman–Crippen MR) is 59.2 cm³/mol. The lowest BCUT2D eigenvalue weighted by molar-refractivity contribution is -0.148. The Kier molecular flexibility index (Phi) is 3.74. The van der Waals surface area contributed by atoms with Crippen LogP contribution >= 0.6 is 0 Å². The summed E-state index contributed by atoms with van der Waals surface area (Å²) in [7, 11) is 0. The summed E-state index contributed by atoms with van der Waals surface area (Å²) >= 11 is 0. The number of carbonyl (C=O) groups excluding carboxylic acids is 1. The van der Waals surface area contributed by atoms with Crippen LogP contribution in [0.4, 0.5) is 0 Å². The molecule has 3 N–H and O–H groups in total. The third-order valence-electron chi connectivity index (χ3n) is 2.84. The topological polar surface area (TPSA) is 88.2 Å². The number of morpholine rings is 1. The molecule has 0 aliphatic carbocycles. The standard InChI is InChI=1S/C10H19N3O3/c1-7(8(11)12-15)9(14)13-4-5-16-6-10(13,2)3/h7,15H,4-6H2,1-3H3,(H2,11,12). The van der Waals surface area contributed by atoms with E-state index in [2.05, 4.69) is 5.16 Å². The summed E-state index contributed by atoms with van der Waals surface area (Å²) < 4.78 is 5.33. The molecule has 1 unspecified atom stereocenters. The summed E-state index contributed by atoms with van der Waals surface area (Å²) in [5, 5.41) is 11.4. The SMILES string of the molecule is CC(C(=O)N1CCOCC1(C)C)C(N)=NO. The Labute approximate surface area is 95.0 Å². The van der Waals surface area contributed by atoms with E-state index >= 15 is 0 Å². The van der Waals surface area contributed by atoms with Gasteiger partial charge in [0.1, 0.15) is 0 Å². The molecule has 0 aromatic rings. The lowest BCUT2D eigenvalue weighted by Crippen LogP contribution is -2.57. The van der Waals surface area contributed by atoms with Crippen molar-refractivity contribution >= 4 is 11.7 Å². The van der Waals surface area contributed by atoms with Gasteiger partial charge in [-0.3, -0.25) is 4.79 Å². The number of amides is 1. The minimum Gasteiger partial charge on any atom is -0.409 e. The normalized spacial score (nSPS) is 22.9. The van der Waals surface area contributed by atoms with Crippen molar-refractivity contribution in [1.82, 2.24) is 4.90 Å². The number of hydrogen-bond donors (Lipinski definition) is 2. The van der Waals surface area contributed by atoms with Crippen LogP contribution in [0.25, 0.3) is 0 Å². The molecule has 1 amide bonds. The monoisotopic (exact) mass is 229 g/mol. The second-order valence-corrected chi connectivity index (χ2v) is 4.60. The maximum Gasteiger partial charge on any atom is 0.233 e.